The highest BCUT2D eigenvalue weighted by atomic mass is 16.5. The van der Waals surface area contributed by atoms with Crippen molar-refractivity contribution < 1.29 is 9.53 Å². The lowest BCUT2D eigenvalue weighted by Gasteiger charge is -1.97. The van der Waals surface area contributed by atoms with Gasteiger partial charge in [0.15, 0.2) is 0 Å². The molecule has 0 bridgehead atoms. The molecule has 1 aromatic heterocycles. The summed E-state index contributed by atoms with van der Waals surface area (Å²) in [5.41, 5.74) is 1.42. The van der Waals surface area contributed by atoms with Gasteiger partial charge in [-0.15, -0.1) is 0 Å². The van der Waals surface area contributed by atoms with Crippen LogP contribution in [-0.4, -0.2) is 22.9 Å². The molecule has 0 aliphatic rings. The maximum atomic E-state index is 11.2. The van der Waals surface area contributed by atoms with E-state index in [2.05, 4.69) is 9.84 Å². The number of fused-ring (bicyclic) bond motifs is 1. The molecule has 4 nitrogen and oxygen atoms in total. The molecule has 0 N–H and O–H groups in total. The highest BCUT2D eigenvalue weighted by Gasteiger charge is 2.06. The zero-order valence-corrected chi connectivity index (χ0v) is 8.02. The van der Waals surface area contributed by atoms with Crippen molar-refractivity contribution in [1.82, 2.24) is 9.78 Å². The Bertz CT molecular complexity index is 488. The number of hydrogen-bond donors (Lipinski definition) is 0. The molecule has 0 unspecified atom stereocenters. The Morgan fingerprint density at radius 3 is 3.00 bits per heavy atom. The number of carbonyl (C=O) groups excluding carboxylic acids is 1. The van der Waals surface area contributed by atoms with E-state index in [4.69, 9.17) is 0 Å². The van der Waals surface area contributed by atoms with Gasteiger partial charge in [0.25, 0.3) is 0 Å². The van der Waals surface area contributed by atoms with Gasteiger partial charge < -0.3 is 4.74 Å². The van der Waals surface area contributed by atoms with E-state index in [1.807, 2.05) is 19.3 Å². The molecule has 1 aromatic carbocycles. The van der Waals surface area contributed by atoms with Gasteiger partial charge in [-0.05, 0) is 18.2 Å². The molecule has 0 aliphatic carbocycles. The molecule has 0 radical (unpaired) electrons. The Hall–Kier alpha value is -1.84. The van der Waals surface area contributed by atoms with Crippen LogP contribution < -0.4 is 0 Å². The second-order valence-corrected chi connectivity index (χ2v) is 3.07. The van der Waals surface area contributed by atoms with Crippen molar-refractivity contribution in [2.45, 2.75) is 0 Å². The lowest BCUT2D eigenvalue weighted by atomic mass is 10.2. The molecular formula is C10H10N2O2. The van der Waals surface area contributed by atoms with Crippen LogP contribution in [0.5, 0.6) is 0 Å². The third kappa shape index (κ3) is 1.35. The Kier molecular flexibility index (Phi) is 1.96. The number of aryl methyl sites for hydroxylation is 1. The van der Waals surface area contributed by atoms with E-state index >= 15 is 0 Å². The summed E-state index contributed by atoms with van der Waals surface area (Å²) in [5.74, 6) is -0.323. The van der Waals surface area contributed by atoms with Gasteiger partial charge >= 0.3 is 5.97 Å². The molecule has 1 heterocycles. The normalized spacial score (nSPS) is 10.4. The lowest BCUT2D eigenvalue weighted by molar-refractivity contribution is 0.0601. The van der Waals surface area contributed by atoms with Crippen molar-refractivity contribution in [2.24, 2.45) is 7.05 Å². The molecule has 0 aliphatic heterocycles. The fourth-order valence-corrected chi connectivity index (χ4v) is 1.39. The first-order valence-electron chi connectivity index (χ1n) is 4.22. The standard InChI is InChI=1S/C10H10N2O2/c1-12-6-8-5-7(10(13)14-2)3-4-9(8)11-12/h3-6H,1-2H3. The minimum Gasteiger partial charge on any atom is -0.465 e. The molecule has 0 spiro atoms. The van der Waals surface area contributed by atoms with Crippen LogP contribution in [0.25, 0.3) is 10.9 Å². The predicted molar refractivity (Wildman–Crippen MR) is 52.1 cm³/mol. The molecule has 72 valence electrons. The van der Waals surface area contributed by atoms with Crippen LogP contribution in [0.15, 0.2) is 24.4 Å². The van der Waals surface area contributed by atoms with Crippen LogP contribution in [0.4, 0.5) is 0 Å². The van der Waals surface area contributed by atoms with Crippen LogP contribution in [0.3, 0.4) is 0 Å². The molecule has 0 fully saturated rings. The number of aromatic nitrogens is 2. The lowest BCUT2D eigenvalue weighted by Crippen LogP contribution is -2.00. The van der Waals surface area contributed by atoms with Gasteiger partial charge in [-0.1, -0.05) is 0 Å². The van der Waals surface area contributed by atoms with E-state index in [0.29, 0.717) is 5.56 Å². The topological polar surface area (TPSA) is 44.1 Å². The van der Waals surface area contributed by atoms with Crippen molar-refractivity contribution in [3.63, 3.8) is 0 Å². The third-order valence-corrected chi connectivity index (χ3v) is 2.04. The largest absolute Gasteiger partial charge is 0.465 e. The number of esters is 1. The number of carbonyl (C=O) groups is 1. The first-order chi connectivity index (χ1) is 6.70. The monoisotopic (exact) mass is 190 g/mol. The molecule has 2 rings (SSSR count). The van der Waals surface area contributed by atoms with Gasteiger partial charge in [-0.25, -0.2) is 4.79 Å². The predicted octanol–water partition coefficient (Wildman–Crippen LogP) is 1.36. The Labute approximate surface area is 81.1 Å². The summed E-state index contributed by atoms with van der Waals surface area (Å²) in [6, 6.07) is 5.29. The number of rotatable bonds is 1. The summed E-state index contributed by atoms with van der Waals surface area (Å²) in [4.78, 5) is 11.2. The van der Waals surface area contributed by atoms with Crippen LogP contribution in [0, 0.1) is 0 Å². The average molecular weight is 190 g/mol. The highest BCUT2D eigenvalue weighted by molar-refractivity contribution is 5.94. The number of methoxy groups -OCH3 is 1. The van der Waals surface area contributed by atoms with E-state index in [0.717, 1.165) is 10.9 Å². The SMILES string of the molecule is COC(=O)c1ccc2nn(C)cc2c1. The molecule has 14 heavy (non-hydrogen) atoms. The molecule has 0 amide bonds. The highest BCUT2D eigenvalue weighted by Crippen LogP contribution is 2.14. The summed E-state index contributed by atoms with van der Waals surface area (Å²) in [6.45, 7) is 0. The first kappa shape index (κ1) is 8.74. The van der Waals surface area contributed by atoms with Crippen molar-refractivity contribution in [3.05, 3.63) is 30.0 Å². The van der Waals surface area contributed by atoms with Crippen molar-refractivity contribution in [1.29, 1.82) is 0 Å². The Morgan fingerprint density at radius 2 is 2.29 bits per heavy atom. The molecule has 4 heteroatoms. The zero-order chi connectivity index (χ0) is 10.1. The third-order valence-electron chi connectivity index (χ3n) is 2.04. The average Bonchev–Trinajstić information content (AvgIpc) is 2.55. The van der Waals surface area contributed by atoms with Gasteiger partial charge in [-0.2, -0.15) is 5.10 Å². The number of hydrogen-bond acceptors (Lipinski definition) is 3. The second kappa shape index (κ2) is 3.14. The summed E-state index contributed by atoms with van der Waals surface area (Å²) in [5, 5.41) is 5.14. The molecule has 0 saturated heterocycles. The minimum absolute atomic E-state index is 0.323. The molecule has 0 atom stereocenters. The van der Waals surface area contributed by atoms with Crippen LogP contribution in [-0.2, 0) is 11.8 Å². The fraction of sp³-hybridized carbons (Fsp3) is 0.200. The second-order valence-electron chi connectivity index (χ2n) is 3.07. The van der Waals surface area contributed by atoms with E-state index in [-0.39, 0.29) is 5.97 Å². The van der Waals surface area contributed by atoms with Crippen molar-refractivity contribution in [3.8, 4) is 0 Å². The molecular weight excluding hydrogens is 180 g/mol. The number of ether oxygens (including phenoxy) is 1. The van der Waals surface area contributed by atoms with Gasteiger partial charge in [0.05, 0.1) is 18.2 Å². The summed E-state index contributed by atoms with van der Waals surface area (Å²) >= 11 is 0. The van der Waals surface area contributed by atoms with Crippen LogP contribution >= 0.6 is 0 Å². The zero-order valence-electron chi connectivity index (χ0n) is 8.02. The van der Waals surface area contributed by atoms with E-state index in [9.17, 15) is 4.79 Å². The van der Waals surface area contributed by atoms with Crippen LogP contribution in [0.2, 0.25) is 0 Å². The van der Waals surface area contributed by atoms with Gasteiger partial charge in [0, 0.05) is 18.6 Å². The summed E-state index contributed by atoms with van der Waals surface area (Å²) < 4.78 is 6.34. The molecule has 0 saturated carbocycles. The van der Waals surface area contributed by atoms with Gasteiger partial charge in [0.1, 0.15) is 0 Å². The maximum Gasteiger partial charge on any atom is 0.337 e. The van der Waals surface area contributed by atoms with Gasteiger partial charge in [-0.3, -0.25) is 4.68 Å². The Morgan fingerprint density at radius 1 is 1.50 bits per heavy atom. The first-order valence-corrected chi connectivity index (χ1v) is 4.22. The fourth-order valence-electron chi connectivity index (χ4n) is 1.39. The van der Waals surface area contributed by atoms with Crippen molar-refractivity contribution >= 4 is 16.9 Å². The van der Waals surface area contributed by atoms with Crippen LogP contribution in [0.1, 0.15) is 10.4 Å². The minimum atomic E-state index is -0.323. The Balaban J connectivity index is 2.55. The quantitative estimate of drug-likeness (QED) is 0.638. The van der Waals surface area contributed by atoms with Gasteiger partial charge in [0.2, 0.25) is 0 Å². The number of nitrogens with zero attached hydrogens (tertiary/aromatic N) is 2. The number of benzene rings is 1. The van der Waals surface area contributed by atoms with E-state index < -0.39 is 0 Å². The summed E-state index contributed by atoms with van der Waals surface area (Å²) in [7, 11) is 3.22. The molecule has 2 aromatic rings. The van der Waals surface area contributed by atoms with E-state index in [1.165, 1.54) is 7.11 Å². The van der Waals surface area contributed by atoms with E-state index in [1.54, 1.807) is 16.8 Å². The smallest absolute Gasteiger partial charge is 0.337 e. The maximum absolute atomic E-state index is 11.2. The summed E-state index contributed by atoms with van der Waals surface area (Å²) in [6.07, 6.45) is 1.86. The van der Waals surface area contributed by atoms with Crippen molar-refractivity contribution in [2.75, 3.05) is 7.11 Å².